The molecule has 0 aliphatic carbocycles. The Labute approximate surface area is 326 Å². The second kappa shape index (κ2) is 14.6. The third kappa shape index (κ3) is 6.52. The number of benzene rings is 7. The molecule has 1 aliphatic rings. The number of anilines is 7. The van der Waals surface area contributed by atoms with E-state index in [-0.39, 0.29) is 12.2 Å². The normalized spacial score (nSPS) is 13.9. The Balaban J connectivity index is 1.00. The highest BCUT2D eigenvalue weighted by Crippen LogP contribution is 2.46. The van der Waals surface area contributed by atoms with Crippen LogP contribution in [-0.2, 0) is 0 Å². The average Bonchev–Trinajstić information content (AvgIpc) is 3.81. The zero-order chi connectivity index (χ0) is 38.2. The van der Waals surface area contributed by atoms with Crippen molar-refractivity contribution in [2.24, 2.45) is 5.73 Å². The molecule has 0 radical (unpaired) electrons. The zero-order valence-corrected chi connectivity index (χ0v) is 31.2. The first-order chi connectivity index (χ1) is 27.4. The maximum Gasteiger partial charge on any atom is 0.145 e. The highest BCUT2D eigenvalue weighted by Gasteiger charge is 2.31. The van der Waals surface area contributed by atoms with Crippen molar-refractivity contribution < 1.29 is 0 Å². The predicted octanol–water partition coefficient (Wildman–Crippen LogP) is 11.8. The van der Waals surface area contributed by atoms with E-state index in [9.17, 15) is 0 Å². The van der Waals surface area contributed by atoms with E-state index >= 15 is 0 Å². The second-order valence-electron chi connectivity index (χ2n) is 14.2. The predicted molar refractivity (Wildman–Crippen MR) is 232 cm³/mol. The van der Waals surface area contributed by atoms with E-state index in [0.717, 1.165) is 84.6 Å². The fraction of sp³-hybridized carbons (Fsp3) is 0.0833. The fourth-order valence-electron chi connectivity index (χ4n) is 7.60. The molecular weight excluding hydrogens is 689 g/mol. The summed E-state index contributed by atoms with van der Waals surface area (Å²) in [5.41, 5.74) is 20.8. The van der Waals surface area contributed by atoms with Crippen molar-refractivity contribution in [2.75, 3.05) is 20.9 Å². The van der Waals surface area contributed by atoms with Gasteiger partial charge in [-0.1, -0.05) is 72.8 Å². The molecule has 6 N–H and O–H groups in total. The van der Waals surface area contributed by atoms with Crippen LogP contribution in [0.15, 0.2) is 170 Å². The molecule has 8 aromatic rings. The van der Waals surface area contributed by atoms with Gasteiger partial charge in [-0.3, -0.25) is 4.57 Å². The summed E-state index contributed by atoms with van der Waals surface area (Å²) in [5, 5.41) is 19.7. The second-order valence-corrected chi connectivity index (χ2v) is 14.2. The van der Waals surface area contributed by atoms with Gasteiger partial charge >= 0.3 is 0 Å². The molecule has 2 heterocycles. The number of imidazole rings is 1. The number of fused-ring (bicyclic) bond motifs is 2. The van der Waals surface area contributed by atoms with Crippen LogP contribution in [0, 0.1) is 5.41 Å². The van der Waals surface area contributed by atoms with Gasteiger partial charge < -0.3 is 32.0 Å². The van der Waals surface area contributed by atoms with Gasteiger partial charge in [0.2, 0.25) is 0 Å². The van der Waals surface area contributed by atoms with Crippen LogP contribution in [0.2, 0.25) is 0 Å². The van der Waals surface area contributed by atoms with E-state index in [1.165, 1.54) is 0 Å². The number of rotatable bonds is 10. The third-order valence-corrected chi connectivity index (χ3v) is 10.3. The molecule has 2 atom stereocenters. The fourth-order valence-corrected chi connectivity index (χ4v) is 7.60. The summed E-state index contributed by atoms with van der Waals surface area (Å²) in [5.74, 6) is 0.875. The Hall–Kier alpha value is -7.16. The van der Waals surface area contributed by atoms with Gasteiger partial charge in [0, 0.05) is 57.0 Å². The molecule has 1 aliphatic heterocycles. The highest BCUT2D eigenvalue weighted by atomic mass is 15.3. The van der Waals surface area contributed by atoms with Gasteiger partial charge in [0.25, 0.3) is 0 Å². The number of nitrogens with two attached hydrogens (primary N) is 1. The summed E-state index contributed by atoms with van der Waals surface area (Å²) in [6.07, 6.45) is -0.0574. The molecule has 0 saturated heterocycles. The monoisotopic (exact) mass is 730 g/mol. The van der Waals surface area contributed by atoms with Crippen LogP contribution < -0.4 is 26.6 Å². The molecule has 9 rings (SSSR count). The minimum atomic E-state index is -0.257. The number of nitrogens with zero attached hydrogens (tertiary/aromatic N) is 3. The van der Waals surface area contributed by atoms with Gasteiger partial charge in [-0.2, -0.15) is 0 Å². The maximum atomic E-state index is 8.69. The van der Waals surface area contributed by atoms with E-state index in [0.29, 0.717) is 5.71 Å². The van der Waals surface area contributed by atoms with Crippen LogP contribution in [-0.4, -0.2) is 15.3 Å². The average molecular weight is 731 g/mol. The number of hydrogen-bond acceptors (Lipinski definition) is 7. The standard InChI is InChI=1S/C48H42N8/c1-31(49)39-29-40(32(2)50)44(52-36-27-23-34(24-28-36)48-54-42-18-10-12-20-46(42)56(48)38-15-7-4-8-16-38)30-43(39)51-35-25-21-33(22-26-35)47-53-41-17-9-11-19-45(41)55(47)37-13-5-3-6-14-37/h3-31,47,50-53H,49H2,1-2H3. The molecular formula is C48H42N8. The maximum absolute atomic E-state index is 8.69. The lowest BCUT2D eigenvalue weighted by molar-refractivity contribution is 0.820. The Morgan fingerprint density at radius 3 is 2.00 bits per heavy atom. The molecule has 1 aromatic heterocycles. The van der Waals surface area contributed by atoms with Crippen LogP contribution in [0.5, 0.6) is 0 Å². The lowest BCUT2D eigenvalue weighted by Crippen LogP contribution is -2.23. The smallest absolute Gasteiger partial charge is 0.145 e. The Kier molecular flexibility index (Phi) is 9.01. The summed E-state index contributed by atoms with van der Waals surface area (Å²) >= 11 is 0. The summed E-state index contributed by atoms with van der Waals surface area (Å²) in [4.78, 5) is 7.37. The number of hydrogen-bond donors (Lipinski definition) is 5. The first kappa shape index (κ1) is 34.6. The molecule has 0 saturated carbocycles. The zero-order valence-electron chi connectivity index (χ0n) is 31.2. The molecule has 56 heavy (non-hydrogen) atoms. The van der Waals surface area contributed by atoms with Gasteiger partial charge in [-0.15, -0.1) is 0 Å². The van der Waals surface area contributed by atoms with E-state index in [1.54, 1.807) is 0 Å². The molecule has 0 fully saturated rings. The summed E-state index contributed by atoms with van der Waals surface area (Å²) in [7, 11) is 0. The van der Waals surface area contributed by atoms with Crippen LogP contribution in [0.1, 0.15) is 42.7 Å². The molecule has 274 valence electrons. The van der Waals surface area contributed by atoms with Gasteiger partial charge in [0.15, 0.2) is 0 Å². The molecule has 7 aromatic carbocycles. The molecule has 0 spiro atoms. The third-order valence-electron chi connectivity index (χ3n) is 10.3. The van der Waals surface area contributed by atoms with Crippen LogP contribution in [0.3, 0.4) is 0 Å². The lowest BCUT2D eigenvalue weighted by Gasteiger charge is -2.27. The Morgan fingerprint density at radius 2 is 1.30 bits per heavy atom. The quantitative estimate of drug-likeness (QED) is 0.0897. The van der Waals surface area contributed by atoms with Crippen molar-refractivity contribution in [3.05, 3.63) is 187 Å². The van der Waals surface area contributed by atoms with Crippen molar-refractivity contribution in [3.63, 3.8) is 0 Å². The lowest BCUT2D eigenvalue weighted by atomic mass is 9.98. The Bertz CT molecular complexity index is 2670. The van der Waals surface area contributed by atoms with Crippen molar-refractivity contribution in [1.82, 2.24) is 9.55 Å². The SMILES string of the molecule is CC(=N)c1cc(C(C)N)c(Nc2ccc(C3Nc4ccccc4N3c3ccccc3)cc2)cc1Nc1ccc(-c2nc3ccccc3n2-c2ccccc2)cc1. The van der Waals surface area contributed by atoms with E-state index in [2.05, 4.69) is 147 Å². The summed E-state index contributed by atoms with van der Waals surface area (Å²) < 4.78 is 2.20. The van der Waals surface area contributed by atoms with Gasteiger partial charge in [0.1, 0.15) is 12.0 Å². The number of aromatic nitrogens is 2. The molecule has 2 unspecified atom stereocenters. The van der Waals surface area contributed by atoms with Crippen molar-refractivity contribution in [3.8, 4) is 17.1 Å². The largest absolute Gasteiger partial charge is 0.359 e. The van der Waals surface area contributed by atoms with Gasteiger partial charge in [0.05, 0.1) is 22.4 Å². The first-order valence-corrected chi connectivity index (χ1v) is 18.9. The molecule has 8 heteroatoms. The van der Waals surface area contributed by atoms with E-state index in [1.807, 2.05) is 62.4 Å². The molecule has 8 nitrogen and oxygen atoms in total. The van der Waals surface area contributed by atoms with E-state index in [4.69, 9.17) is 16.1 Å². The Morgan fingerprint density at radius 1 is 0.696 bits per heavy atom. The van der Waals surface area contributed by atoms with Crippen molar-refractivity contribution in [1.29, 1.82) is 5.41 Å². The number of para-hydroxylation sites is 6. The minimum absolute atomic E-state index is 0.0574. The minimum Gasteiger partial charge on any atom is -0.359 e. The summed E-state index contributed by atoms with van der Waals surface area (Å²) in [6, 6.07) is 58.1. The summed E-state index contributed by atoms with van der Waals surface area (Å²) in [6.45, 7) is 3.78. The number of nitrogens with one attached hydrogen (secondary N) is 4. The van der Waals surface area contributed by atoms with E-state index < -0.39 is 0 Å². The van der Waals surface area contributed by atoms with Gasteiger partial charge in [-0.25, -0.2) is 4.98 Å². The van der Waals surface area contributed by atoms with Crippen molar-refractivity contribution >= 4 is 56.6 Å². The van der Waals surface area contributed by atoms with Gasteiger partial charge in [-0.05, 0) is 122 Å². The van der Waals surface area contributed by atoms with Crippen LogP contribution >= 0.6 is 0 Å². The van der Waals surface area contributed by atoms with Crippen LogP contribution in [0.25, 0.3) is 28.1 Å². The van der Waals surface area contributed by atoms with Crippen molar-refractivity contribution in [2.45, 2.75) is 26.1 Å². The topological polar surface area (TPSA) is 107 Å². The van der Waals surface area contributed by atoms with Crippen LogP contribution in [0.4, 0.5) is 39.8 Å². The highest BCUT2D eigenvalue weighted by molar-refractivity contribution is 6.03. The molecule has 0 amide bonds. The first-order valence-electron chi connectivity index (χ1n) is 18.9. The molecule has 0 bridgehead atoms.